The maximum atomic E-state index is 2.41. The lowest BCUT2D eigenvalue weighted by Gasteiger charge is -2.12. The Morgan fingerprint density at radius 2 is 1.87 bits per heavy atom. The highest BCUT2D eigenvalue weighted by Crippen LogP contribution is 2.44. The summed E-state index contributed by atoms with van der Waals surface area (Å²) in [5, 5.41) is 0. The molecule has 1 aromatic rings. The minimum Gasteiger partial charge on any atom is -0.0851 e. The first kappa shape index (κ1) is 8.96. The lowest BCUT2D eigenvalue weighted by molar-refractivity contribution is 0.552. The van der Waals surface area contributed by atoms with Crippen LogP contribution in [0, 0.1) is 17.8 Å². The van der Waals surface area contributed by atoms with Gasteiger partial charge in [-0.25, -0.2) is 0 Å². The lowest BCUT2D eigenvalue weighted by atomic mass is 9.93. The number of rotatable bonds is 2. The van der Waals surface area contributed by atoms with E-state index in [-0.39, 0.29) is 0 Å². The highest BCUT2D eigenvalue weighted by molar-refractivity contribution is 5.49. The van der Waals surface area contributed by atoms with Gasteiger partial charge in [-0.1, -0.05) is 54.6 Å². The van der Waals surface area contributed by atoms with Gasteiger partial charge < -0.3 is 0 Å². The summed E-state index contributed by atoms with van der Waals surface area (Å²) in [6.07, 6.45) is 12.3. The summed E-state index contributed by atoms with van der Waals surface area (Å²) in [4.78, 5) is 0. The van der Waals surface area contributed by atoms with Gasteiger partial charge in [-0.15, -0.1) is 0 Å². The van der Waals surface area contributed by atoms with E-state index >= 15 is 0 Å². The molecule has 0 amide bonds. The number of benzene rings is 1. The third-order valence-corrected chi connectivity index (χ3v) is 3.67. The molecule has 0 heterocycles. The molecular formula is C15H16. The molecule has 0 saturated heterocycles. The Hall–Kier alpha value is -1.30. The summed E-state index contributed by atoms with van der Waals surface area (Å²) in [7, 11) is 0. The van der Waals surface area contributed by atoms with Crippen LogP contribution >= 0.6 is 0 Å². The summed E-state index contributed by atoms with van der Waals surface area (Å²) in [5.74, 6) is 2.50. The molecule has 3 atom stereocenters. The van der Waals surface area contributed by atoms with Crippen LogP contribution in [0.4, 0.5) is 0 Å². The molecule has 3 unspecified atom stereocenters. The van der Waals surface area contributed by atoms with Crippen LogP contribution in [0.5, 0.6) is 0 Å². The predicted molar refractivity (Wildman–Crippen MR) is 64.3 cm³/mol. The molecule has 0 heteroatoms. The van der Waals surface area contributed by atoms with Gasteiger partial charge >= 0.3 is 0 Å². The second-order valence-electron chi connectivity index (χ2n) is 4.71. The maximum absolute atomic E-state index is 2.41. The van der Waals surface area contributed by atoms with Crippen LogP contribution in [-0.4, -0.2) is 0 Å². The van der Waals surface area contributed by atoms with Gasteiger partial charge in [0.25, 0.3) is 0 Å². The van der Waals surface area contributed by atoms with Gasteiger partial charge in [0.1, 0.15) is 0 Å². The molecule has 0 spiro atoms. The fraction of sp³-hybridized carbons (Fsp3) is 0.333. The molecule has 0 aromatic heterocycles. The van der Waals surface area contributed by atoms with Crippen LogP contribution < -0.4 is 0 Å². The quantitative estimate of drug-likeness (QED) is 0.629. The number of hydrogen-bond donors (Lipinski definition) is 0. The summed E-state index contributed by atoms with van der Waals surface area (Å²) < 4.78 is 0. The van der Waals surface area contributed by atoms with Gasteiger partial charge in [0.05, 0.1) is 0 Å². The third kappa shape index (κ3) is 1.77. The molecule has 2 aliphatic rings. The van der Waals surface area contributed by atoms with E-state index in [1.807, 2.05) is 0 Å². The van der Waals surface area contributed by atoms with Crippen molar-refractivity contribution in [2.75, 3.05) is 0 Å². The van der Waals surface area contributed by atoms with E-state index in [0.29, 0.717) is 0 Å². The zero-order valence-electron chi connectivity index (χ0n) is 8.84. The predicted octanol–water partition coefficient (Wildman–Crippen LogP) is 3.91. The van der Waals surface area contributed by atoms with Crippen molar-refractivity contribution >= 4 is 6.08 Å². The molecule has 0 nitrogen and oxygen atoms in total. The van der Waals surface area contributed by atoms with E-state index in [1.54, 1.807) is 0 Å². The zero-order valence-corrected chi connectivity index (χ0v) is 8.84. The minimum atomic E-state index is 0.792. The molecule has 3 rings (SSSR count). The van der Waals surface area contributed by atoms with E-state index in [0.717, 1.165) is 17.8 Å². The third-order valence-electron chi connectivity index (χ3n) is 3.67. The Kier molecular flexibility index (Phi) is 2.21. The van der Waals surface area contributed by atoms with Gasteiger partial charge in [0.15, 0.2) is 0 Å². The summed E-state index contributed by atoms with van der Waals surface area (Å²) in [5.41, 5.74) is 1.32. The zero-order chi connectivity index (χ0) is 10.1. The topological polar surface area (TPSA) is 0 Å². The van der Waals surface area contributed by atoms with Gasteiger partial charge in [0.2, 0.25) is 0 Å². The van der Waals surface area contributed by atoms with Crippen LogP contribution in [0.25, 0.3) is 6.08 Å². The molecule has 2 aliphatic carbocycles. The smallest absolute Gasteiger partial charge is 0.0161 e. The molecule has 1 fully saturated rings. The Bertz CT molecular complexity index is 386. The summed E-state index contributed by atoms with van der Waals surface area (Å²) >= 11 is 0. The van der Waals surface area contributed by atoms with Crippen LogP contribution in [0.2, 0.25) is 0 Å². The number of allylic oxidation sites excluding steroid dienone is 3. The normalized spacial score (nSPS) is 32.9. The Labute approximate surface area is 91.3 Å². The van der Waals surface area contributed by atoms with Crippen LogP contribution in [0.1, 0.15) is 18.4 Å². The van der Waals surface area contributed by atoms with Crippen molar-refractivity contribution in [3.63, 3.8) is 0 Å². The standard InChI is InChI=1S/C15H16/c1-2-4-12(5-3-1)6-8-14-10-13-7-9-15(14)11-13/h1-9,13-15H,10-11H2/b8-6+. The average Bonchev–Trinajstić information content (AvgIpc) is 2.89. The Morgan fingerprint density at radius 1 is 1.00 bits per heavy atom. The maximum Gasteiger partial charge on any atom is -0.0161 e. The van der Waals surface area contributed by atoms with Crippen LogP contribution in [-0.2, 0) is 0 Å². The van der Waals surface area contributed by atoms with E-state index in [1.165, 1.54) is 18.4 Å². The highest BCUT2D eigenvalue weighted by atomic mass is 14.4. The number of fused-ring (bicyclic) bond motifs is 2. The lowest BCUT2D eigenvalue weighted by Crippen LogP contribution is -2.02. The van der Waals surface area contributed by atoms with Crippen molar-refractivity contribution in [3.05, 3.63) is 54.1 Å². The van der Waals surface area contributed by atoms with E-state index in [2.05, 4.69) is 54.6 Å². The van der Waals surface area contributed by atoms with E-state index < -0.39 is 0 Å². The monoisotopic (exact) mass is 196 g/mol. The van der Waals surface area contributed by atoms with Crippen LogP contribution in [0.3, 0.4) is 0 Å². The molecule has 76 valence electrons. The van der Waals surface area contributed by atoms with Crippen molar-refractivity contribution in [3.8, 4) is 0 Å². The first-order valence-electron chi connectivity index (χ1n) is 5.83. The number of hydrogen-bond acceptors (Lipinski definition) is 0. The molecular weight excluding hydrogens is 180 g/mol. The molecule has 0 aliphatic heterocycles. The van der Waals surface area contributed by atoms with Crippen molar-refractivity contribution < 1.29 is 0 Å². The molecule has 1 saturated carbocycles. The summed E-state index contributed by atoms with van der Waals surface area (Å²) in [6.45, 7) is 0. The van der Waals surface area contributed by atoms with Gasteiger partial charge in [-0.2, -0.15) is 0 Å². The Balaban J connectivity index is 1.71. The molecule has 0 radical (unpaired) electrons. The van der Waals surface area contributed by atoms with Crippen LogP contribution in [0.15, 0.2) is 48.6 Å². The van der Waals surface area contributed by atoms with E-state index in [9.17, 15) is 0 Å². The first-order chi connectivity index (χ1) is 7.42. The average molecular weight is 196 g/mol. The van der Waals surface area contributed by atoms with E-state index in [4.69, 9.17) is 0 Å². The molecule has 1 aromatic carbocycles. The molecule has 0 N–H and O–H groups in total. The van der Waals surface area contributed by atoms with Crippen molar-refractivity contribution in [2.45, 2.75) is 12.8 Å². The van der Waals surface area contributed by atoms with Gasteiger partial charge in [0, 0.05) is 0 Å². The van der Waals surface area contributed by atoms with Crippen molar-refractivity contribution in [1.82, 2.24) is 0 Å². The Morgan fingerprint density at radius 3 is 2.53 bits per heavy atom. The molecule has 2 bridgehead atoms. The molecule has 15 heavy (non-hydrogen) atoms. The highest BCUT2D eigenvalue weighted by Gasteiger charge is 2.33. The van der Waals surface area contributed by atoms with Gasteiger partial charge in [-0.05, 0) is 36.2 Å². The second kappa shape index (κ2) is 3.69. The largest absolute Gasteiger partial charge is 0.0851 e. The SMILES string of the molecule is C1=CC2CC1CC2/C=C/c1ccccc1. The summed E-state index contributed by atoms with van der Waals surface area (Å²) in [6, 6.07) is 10.6. The van der Waals surface area contributed by atoms with Crippen molar-refractivity contribution in [2.24, 2.45) is 17.8 Å². The first-order valence-corrected chi connectivity index (χ1v) is 5.83. The minimum absolute atomic E-state index is 0.792. The second-order valence-corrected chi connectivity index (χ2v) is 4.71. The van der Waals surface area contributed by atoms with Crippen molar-refractivity contribution in [1.29, 1.82) is 0 Å². The fourth-order valence-electron chi connectivity index (χ4n) is 2.84. The van der Waals surface area contributed by atoms with Gasteiger partial charge in [-0.3, -0.25) is 0 Å². The fourth-order valence-corrected chi connectivity index (χ4v) is 2.84.